The Morgan fingerprint density at radius 3 is 2.58 bits per heavy atom. The smallest absolute Gasteiger partial charge is 0.256 e. The van der Waals surface area contributed by atoms with E-state index in [1.807, 2.05) is 13.8 Å². The molecule has 1 atom stereocenters. The second-order valence-corrected chi connectivity index (χ2v) is 5.86. The molecule has 0 aliphatic carbocycles. The average Bonchev–Trinajstić information content (AvgIpc) is 2.60. The highest BCUT2D eigenvalue weighted by Crippen LogP contribution is 2.22. The van der Waals surface area contributed by atoms with E-state index in [1.54, 1.807) is 25.4 Å². The van der Waals surface area contributed by atoms with Gasteiger partial charge in [0.1, 0.15) is 12.2 Å². The highest BCUT2D eigenvalue weighted by atomic mass is 16.5. The quantitative estimate of drug-likeness (QED) is 0.591. The molecular weight excluding hydrogens is 308 g/mol. The lowest BCUT2D eigenvalue weighted by atomic mass is 9.97. The molecule has 0 aliphatic heterocycles. The maximum atomic E-state index is 12.6. The Labute approximate surface area is 144 Å². The maximum Gasteiger partial charge on any atom is 0.256 e. The van der Waals surface area contributed by atoms with Crippen LogP contribution in [0.4, 0.5) is 5.69 Å². The van der Waals surface area contributed by atoms with Crippen molar-refractivity contribution in [1.29, 1.82) is 0 Å². The van der Waals surface area contributed by atoms with Gasteiger partial charge in [-0.1, -0.05) is 26.7 Å². The molecule has 0 saturated carbocycles. The van der Waals surface area contributed by atoms with Crippen LogP contribution in [0.5, 0.6) is 5.88 Å². The third kappa shape index (κ3) is 6.84. The van der Waals surface area contributed by atoms with Crippen LogP contribution in [0.3, 0.4) is 0 Å². The van der Waals surface area contributed by atoms with Crippen molar-refractivity contribution in [2.75, 3.05) is 32.2 Å². The molecule has 136 valence electrons. The summed E-state index contributed by atoms with van der Waals surface area (Å²) >= 11 is 0. The fourth-order valence-electron chi connectivity index (χ4n) is 2.13. The van der Waals surface area contributed by atoms with Crippen LogP contribution in [0.2, 0.25) is 0 Å². The third-order valence-corrected chi connectivity index (χ3v) is 3.64. The molecule has 1 rings (SSSR count). The second-order valence-electron chi connectivity index (χ2n) is 5.86. The van der Waals surface area contributed by atoms with Gasteiger partial charge in [0.15, 0.2) is 0 Å². The number of rotatable bonds is 12. The Morgan fingerprint density at radius 2 is 2.00 bits per heavy atom. The molecule has 0 radical (unpaired) electrons. The number of ether oxygens (including phenoxy) is 3. The number of amides is 1. The summed E-state index contributed by atoms with van der Waals surface area (Å²) in [6.45, 7) is 7.50. The summed E-state index contributed by atoms with van der Waals surface area (Å²) < 4.78 is 16.2. The summed E-state index contributed by atoms with van der Waals surface area (Å²) in [6.07, 6.45) is 5.12. The number of anilines is 1. The van der Waals surface area contributed by atoms with Crippen molar-refractivity contribution in [1.82, 2.24) is 4.98 Å². The maximum absolute atomic E-state index is 12.6. The van der Waals surface area contributed by atoms with Crippen molar-refractivity contribution in [2.24, 2.45) is 0 Å². The van der Waals surface area contributed by atoms with Crippen LogP contribution in [0.15, 0.2) is 18.3 Å². The molecule has 0 aromatic carbocycles. The number of pyridine rings is 1. The van der Waals surface area contributed by atoms with Gasteiger partial charge in [0.2, 0.25) is 5.88 Å². The van der Waals surface area contributed by atoms with E-state index in [4.69, 9.17) is 14.2 Å². The minimum absolute atomic E-state index is 0.140. The molecule has 0 spiro atoms. The fraction of sp³-hybridized carbons (Fsp3) is 0.667. The Hall–Kier alpha value is -1.66. The van der Waals surface area contributed by atoms with E-state index in [0.717, 1.165) is 19.3 Å². The molecule has 1 aromatic heterocycles. The normalized spacial score (nSPS) is 13.3. The van der Waals surface area contributed by atoms with Crippen molar-refractivity contribution in [3.8, 4) is 5.88 Å². The first-order valence-corrected chi connectivity index (χ1v) is 8.59. The van der Waals surface area contributed by atoms with Crippen LogP contribution in [0.1, 0.15) is 46.5 Å². The highest BCUT2D eigenvalue weighted by molar-refractivity contribution is 5.96. The van der Waals surface area contributed by atoms with Gasteiger partial charge in [-0.25, -0.2) is 4.98 Å². The van der Waals surface area contributed by atoms with Crippen molar-refractivity contribution in [2.45, 2.75) is 52.1 Å². The van der Waals surface area contributed by atoms with Crippen molar-refractivity contribution < 1.29 is 19.0 Å². The summed E-state index contributed by atoms with van der Waals surface area (Å²) in [4.78, 5) is 16.8. The molecule has 6 heteroatoms. The van der Waals surface area contributed by atoms with E-state index in [2.05, 4.69) is 17.2 Å². The molecule has 0 fully saturated rings. The standard InChI is InChI=1S/C18H30N2O4/c1-5-7-10-18(3,24-11-6-2)17(21)20-15-8-9-16(19-14-15)23-13-12-22-4/h8-9,14H,5-7,10-13H2,1-4H3,(H,20,21)/t18-/m1/s1. The predicted octanol–water partition coefficient (Wildman–Crippen LogP) is 3.42. The number of hydrogen-bond donors (Lipinski definition) is 1. The molecule has 1 aromatic rings. The Kier molecular flexibility index (Phi) is 9.34. The lowest BCUT2D eigenvalue weighted by Crippen LogP contribution is -2.43. The third-order valence-electron chi connectivity index (χ3n) is 3.64. The van der Waals surface area contributed by atoms with Gasteiger partial charge in [-0.3, -0.25) is 4.79 Å². The highest BCUT2D eigenvalue weighted by Gasteiger charge is 2.33. The predicted molar refractivity (Wildman–Crippen MR) is 94.4 cm³/mol. The summed E-state index contributed by atoms with van der Waals surface area (Å²) in [7, 11) is 1.62. The molecule has 0 saturated heterocycles. The van der Waals surface area contributed by atoms with E-state index < -0.39 is 5.60 Å². The monoisotopic (exact) mass is 338 g/mol. The number of nitrogens with zero attached hydrogens (tertiary/aromatic N) is 1. The van der Waals surface area contributed by atoms with Crippen molar-refractivity contribution >= 4 is 11.6 Å². The number of carbonyl (C=O) groups is 1. The van der Waals surface area contributed by atoms with Gasteiger partial charge in [-0.15, -0.1) is 0 Å². The number of methoxy groups -OCH3 is 1. The zero-order valence-corrected chi connectivity index (χ0v) is 15.3. The fourth-order valence-corrected chi connectivity index (χ4v) is 2.13. The van der Waals surface area contributed by atoms with Crippen LogP contribution < -0.4 is 10.1 Å². The summed E-state index contributed by atoms with van der Waals surface area (Å²) in [5.74, 6) is 0.361. The molecule has 1 heterocycles. The lowest BCUT2D eigenvalue weighted by Gasteiger charge is -2.28. The van der Waals surface area contributed by atoms with Crippen LogP contribution in [0.25, 0.3) is 0 Å². The van der Waals surface area contributed by atoms with Gasteiger partial charge in [0.05, 0.1) is 18.5 Å². The molecule has 0 bridgehead atoms. The summed E-state index contributed by atoms with van der Waals surface area (Å²) in [5, 5.41) is 2.89. The zero-order valence-electron chi connectivity index (χ0n) is 15.3. The first-order valence-electron chi connectivity index (χ1n) is 8.59. The van der Waals surface area contributed by atoms with E-state index in [1.165, 1.54) is 0 Å². The molecule has 6 nitrogen and oxygen atoms in total. The largest absolute Gasteiger partial charge is 0.475 e. The van der Waals surface area contributed by atoms with Gasteiger partial charge in [0.25, 0.3) is 5.91 Å². The number of aromatic nitrogens is 1. The molecule has 1 amide bonds. The van der Waals surface area contributed by atoms with Crippen molar-refractivity contribution in [3.05, 3.63) is 18.3 Å². The van der Waals surface area contributed by atoms with Gasteiger partial charge in [-0.05, 0) is 25.8 Å². The Morgan fingerprint density at radius 1 is 1.21 bits per heavy atom. The minimum atomic E-state index is -0.820. The Bertz CT molecular complexity index is 468. The first kappa shape index (κ1) is 20.4. The Balaban J connectivity index is 2.65. The van der Waals surface area contributed by atoms with Gasteiger partial charge < -0.3 is 19.5 Å². The van der Waals surface area contributed by atoms with E-state index in [9.17, 15) is 4.79 Å². The zero-order chi connectivity index (χ0) is 17.8. The molecule has 24 heavy (non-hydrogen) atoms. The first-order chi connectivity index (χ1) is 11.6. The average molecular weight is 338 g/mol. The number of hydrogen-bond acceptors (Lipinski definition) is 5. The van der Waals surface area contributed by atoms with Crippen LogP contribution in [0, 0.1) is 0 Å². The van der Waals surface area contributed by atoms with Crippen molar-refractivity contribution in [3.63, 3.8) is 0 Å². The van der Waals surface area contributed by atoms with Crippen LogP contribution >= 0.6 is 0 Å². The van der Waals surface area contributed by atoms with Gasteiger partial charge in [-0.2, -0.15) is 0 Å². The second kappa shape index (κ2) is 11.0. The molecule has 0 aliphatic rings. The molecule has 0 unspecified atom stereocenters. The van der Waals surface area contributed by atoms with Crippen LogP contribution in [-0.4, -0.2) is 43.4 Å². The number of unbranched alkanes of at least 4 members (excludes halogenated alkanes) is 1. The lowest BCUT2D eigenvalue weighted by molar-refractivity contribution is -0.140. The van der Waals surface area contributed by atoms with E-state index in [0.29, 0.717) is 37.8 Å². The molecular formula is C18H30N2O4. The van der Waals surface area contributed by atoms with E-state index >= 15 is 0 Å². The van der Waals surface area contributed by atoms with Gasteiger partial charge >= 0.3 is 0 Å². The van der Waals surface area contributed by atoms with Gasteiger partial charge in [0, 0.05) is 19.8 Å². The van der Waals surface area contributed by atoms with Crippen LogP contribution in [-0.2, 0) is 14.3 Å². The molecule has 1 N–H and O–H groups in total. The number of nitrogens with one attached hydrogen (secondary N) is 1. The number of carbonyl (C=O) groups excluding carboxylic acids is 1. The van der Waals surface area contributed by atoms with E-state index in [-0.39, 0.29) is 5.91 Å². The SMILES string of the molecule is CCCC[C@@](C)(OCCC)C(=O)Nc1ccc(OCCOC)nc1. The minimum Gasteiger partial charge on any atom is -0.475 e. The topological polar surface area (TPSA) is 69.7 Å². The summed E-state index contributed by atoms with van der Waals surface area (Å²) in [5.41, 5.74) is -0.193. The summed E-state index contributed by atoms with van der Waals surface area (Å²) in [6, 6.07) is 3.49.